The Kier molecular flexibility index (Phi) is 5.06. The van der Waals surface area contributed by atoms with Gasteiger partial charge in [0.15, 0.2) is 0 Å². The van der Waals surface area contributed by atoms with Crippen LogP contribution < -0.4 is 5.73 Å². The van der Waals surface area contributed by atoms with Gasteiger partial charge in [-0.3, -0.25) is 0 Å². The Bertz CT molecular complexity index is 98.3. The maximum absolute atomic E-state index is 5.77. The van der Waals surface area contributed by atoms with Gasteiger partial charge in [0.1, 0.15) is 0 Å². The topological polar surface area (TPSA) is 29.3 Å². The van der Waals surface area contributed by atoms with E-state index in [1.54, 1.807) is 0 Å². The molecule has 0 atom stereocenters. The lowest BCUT2D eigenvalue weighted by atomic mass is 10.1. The summed E-state index contributed by atoms with van der Waals surface area (Å²) in [6, 6.07) is 1.17. The minimum atomic E-state index is 0. The number of piperidine rings is 1. The van der Waals surface area contributed by atoms with Gasteiger partial charge in [0.25, 0.3) is 0 Å². The fraction of sp³-hybridized carbons (Fsp3) is 1.00. The second kappa shape index (κ2) is 4.96. The molecule has 0 radical (unpaired) electrons. The van der Waals surface area contributed by atoms with Crippen molar-refractivity contribution in [2.75, 3.05) is 13.1 Å². The van der Waals surface area contributed by atoms with Crippen LogP contribution in [0.25, 0.3) is 0 Å². The van der Waals surface area contributed by atoms with Crippen LogP contribution >= 0.6 is 12.4 Å². The monoisotopic (exact) mass is 178 g/mol. The SMILES string of the molecule is CC(C)N1CCC(N)CC1.Cl. The number of likely N-dealkylation sites (tertiary alicyclic amines) is 1. The van der Waals surface area contributed by atoms with Gasteiger partial charge >= 0.3 is 0 Å². The number of hydrogen-bond acceptors (Lipinski definition) is 2. The van der Waals surface area contributed by atoms with Crippen molar-refractivity contribution in [2.45, 2.75) is 38.8 Å². The molecule has 2 nitrogen and oxygen atoms in total. The van der Waals surface area contributed by atoms with Gasteiger partial charge in [-0.15, -0.1) is 12.4 Å². The maximum Gasteiger partial charge on any atom is 0.00631 e. The largest absolute Gasteiger partial charge is 0.328 e. The standard InChI is InChI=1S/C8H18N2.ClH/c1-7(2)10-5-3-8(9)4-6-10;/h7-8H,3-6,9H2,1-2H3;1H. The van der Waals surface area contributed by atoms with Crippen LogP contribution in [0, 0.1) is 0 Å². The van der Waals surface area contributed by atoms with Crippen molar-refractivity contribution < 1.29 is 0 Å². The number of halogens is 1. The Morgan fingerprint density at radius 3 is 2.09 bits per heavy atom. The lowest BCUT2D eigenvalue weighted by Crippen LogP contribution is -2.42. The van der Waals surface area contributed by atoms with Crippen molar-refractivity contribution in [3.63, 3.8) is 0 Å². The van der Waals surface area contributed by atoms with E-state index < -0.39 is 0 Å². The Morgan fingerprint density at radius 2 is 1.73 bits per heavy atom. The molecule has 0 aromatic heterocycles. The highest BCUT2D eigenvalue weighted by molar-refractivity contribution is 5.85. The Hall–Kier alpha value is 0.210. The smallest absolute Gasteiger partial charge is 0.00631 e. The van der Waals surface area contributed by atoms with E-state index >= 15 is 0 Å². The van der Waals surface area contributed by atoms with Crippen LogP contribution in [0.1, 0.15) is 26.7 Å². The van der Waals surface area contributed by atoms with Crippen molar-refractivity contribution in [2.24, 2.45) is 5.73 Å². The molecule has 3 heteroatoms. The van der Waals surface area contributed by atoms with Crippen LogP contribution in [-0.4, -0.2) is 30.1 Å². The summed E-state index contributed by atoms with van der Waals surface area (Å²) in [5.41, 5.74) is 5.77. The summed E-state index contributed by atoms with van der Waals surface area (Å²) >= 11 is 0. The molecule has 1 aliphatic heterocycles. The molecule has 0 bridgehead atoms. The second-order valence-corrected chi connectivity index (χ2v) is 3.47. The van der Waals surface area contributed by atoms with Crippen molar-refractivity contribution in [1.82, 2.24) is 4.90 Å². The minimum absolute atomic E-state index is 0. The van der Waals surface area contributed by atoms with Crippen LogP contribution in [0.3, 0.4) is 0 Å². The maximum atomic E-state index is 5.77. The van der Waals surface area contributed by atoms with Gasteiger partial charge in [-0.25, -0.2) is 0 Å². The lowest BCUT2D eigenvalue weighted by molar-refractivity contribution is 0.173. The molecule has 0 unspecified atom stereocenters. The molecule has 0 amide bonds. The summed E-state index contributed by atoms with van der Waals surface area (Å²) in [4.78, 5) is 2.49. The van der Waals surface area contributed by atoms with Crippen molar-refractivity contribution in [1.29, 1.82) is 0 Å². The predicted molar refractivity (Wildman–Crippen MR) is 51.2 cm³/mol. The summed E-state index contributed by atoms with van der Waals surface area (Å²) in [5.74, 6) is 0. The number of nitrogens with two attached hydrogens (primary N) is 1. The molecule has 1 aliphatic rings. The van der Waals surface area contributed by atoms with Crippen LogP contribution in [0.4, 0.5) is 0 Å². The molecule has 0 aromatic rings. The lowest BCUT2D eigenvalue weighted by Gasteiger charge is -2.32. The van der Waals surface area contributed by atoms with E-state index in [-0.39, 0.29) is 12.4 Å². The third kappa shape index (κ3) is 3.41. The number of nitrogens with zero attached hydrogens (tertiary/aromatic N) is 1. The van der Waals surface area contributed by atoms with Gasteiger partial charge < -0.3 is 10.6 Å². The van der Waals surface area contributed by atoms with E-state index in [1.165, 1.54) is 25.9 Å². The number of rotatable bonds is 1. The predicted octanol–water partition coefficient (Wildman–Crippen LogP) is 1.24. The van der Waals surface area contributed by atoms with Crippen LogP contribution in [0.5, 0.6) is 0 Å². The first-order valence-corrected chi connectivity index (χ1v) is 4.20. The first kappa shape index (κ1) is 11.2. The van der Waals surface area contributed by atoms with E-state index in [1.807, 2.05) is 0 Å². The summed E-state index contributed by atoms with van der Waals surface area (Å²) in [7, 11) is 0. The molecular formula is C8H19ClN2. The fourth-order valence-corrected chi connectivity index (χ4v) is 1.44. The van der Waals surface area contributed by atoms with Gasteiger partial charge in [-0.1, -0.05) is 0 Å². The third-order valence-electron chi connectivity index (χ3n) is 2.30. The fourth-order valence-electron chi connectivity index (χ4n) is 1.44. The zero-order valence-corrected chi connectivity index (χ0v) is 8.23. The Balaban J connectivity index is 0.000001000. The zero-order valence-electron chi connectivity index (χ0n) is 7.42. The first-order chi connectivity index (χ1) is 4.70. The van der Waals surface area contributed by atoms with Crippen LogP contribution in [-0.2, 0) is 0 Å². The van der Waals surface area contributed by atoms with Crippen molar-refractivity contribution in [3.8, 4) is 0 Å². The summed E-state index contributed by atoms with van der Waals surface area (Å²) in [6.07, 6.45) is 2.36. The number of hydrogen-bond donors (Lipinski definition) is 1. The molecule has 11 heavy (non-hydrogen) atoms. The molecule has 1 saturated heterocycles. The zero-order chi connectivity index (χ0) is 7.56. The first-order valence-electron chi connectivity index (χ1n) is 4.20. The van der Waals surface area contributed by atoms with Crippen LogP contribution in [0.15, 0.2) is 0 Å². The second-order valence-electron chi connectivity index (χ2n) is 3.47. The highest BCUT2D eigenvalue weighted by Gasteiger charge is 2.17. The van der Waals surface area contributed by atoms with Crippen molar-refractivity contribution in [3.05, 3.63) is 0 Å². The molecule has 2 N–H and O–H groups in total. The molecule has 68 valence electrons. The minimum Gasteiger partial charge on any atom is -0.328 e. The molecule has 1 rings (SSSR count). The summed E-state index contributed by atoms with van der Waals surface area (Å²) < 4.78 is 0. The highest BCUT2D eigenvalue weighted by atomic mass is 35.5. The van der Waals surface area contributed by atoms with Crippen molar-refractivity contribution >= 4 is 12.4 Å². The molecule has 0 aromatic carbocycles. The van der Waals surface area contributed by atoms with Crippen LogP contribution in [0.2, 0.25) is 0 Å². The molecular weight excluding hydrogens is 160 g/mol. The summed E-state index contributed by atoms with van der Waals surface area (Å²) in [6.45, 7) is 6.88. The normalized spacial score (nSPS) is 21.8. The van der Waals surface area contributed by atoms with E-state index in [4.69, 9.17) is 5.73 Å². The van der Waals surface area contributed by atoms with Gasteiger partial charge in [0.05, 0.1) is 0 Å². The molecule has 1 heterocycles. The van der Waals surface area contributed by atoms with Gasteiger partial charge in [0, 0.05) is 12.1 Å². The quantitative estimate of drug-likeness (QED) is 0.655. The van der Waals surface area contributed by atoms with E-state index in [9.17, 15) is 0 Å². The van der Waals surface area contributed by atoms with Gasteiger partial charge in [0.2, 0.25) is 0 Å². The Labute approximate surface area is 75.5 Å². The van der Waals surface area contributed by atoms with E-state index in [0.29, 0.717) is 12.1 Å². The molecule has 0 spiro atoms. The van der Waals surface area contributed by atoms with Gasteiger partial charge in [-0.05, 0) is 39.8 Å². The van der Waals surface area contributed by atoms with Gasteiger partial charge in [-0.2, -0.15) is 0 Å². The average molecular weight is 179 g/mol. The molecule has 1 fully saturated rings. The Morgan fingerprint density at radius 1 is 1.27 bits per heavy atom. The van der Waals surface area contributed by atoms with E-state index in [0.717, 1.165) is 0 Å². The highest BCUT2D eigenvalue weighted by Crippen LogP contribution is 2.10. The molecule has 0 aliphatic carbocycles. The summed E-state index contributed by atoms with van der Waals surface area (Å²) in [5, 5.41) is 0. The van der Waals surface area contributed by atoms with E-state index in [2.05, 4.69) is 18.7 Å². The molecule has 0 saturated carbocycles. The average Bonchev–Trinajstić information content (AvgIpc) is 1.88. The third-order valence-corrected chi connectivity index (χ3v) is 2.30.